The van der Waals surface area contributed by atoms with Crippen molar-refractivity contribution >= 4 is 6.03 Å². The van der Waals surface area contributed by atoms with Crippen LogP contribution in [0.15, 0.2) is 0 Å². The predicted molar refractivity (Wildman–Crippen MR) is 79.7 cm³/mol. The summed E-state index contributed by atoms with van der Waals surface area (Å²) in [7, 11) is 1.70. The summed E-state index contributed by atoms with van der Waals surface area (Å²) < 4.78 is 4.97. The first kappa shape index (κ1) is 17.2. The van der Waals surface area contributed by atoms with Crippen LogP contribution >= 0.6 is 0 Å². The molecule has 0 saturated heterocycles. The zero-order valence-electron chi connectivity index (χ0n) is 12.9. The third kappa shape index (κ3) is 6.09. The Balaban J connectivity index is 2.10. The van der Waals surface area contributed by atoms with Gasteiger partial charge in [-0.1, -0.05) is 19.8 Å². The number of ether oxygens (including phenoxy) is 1. The lowest BCUT2D eigenvalue weighted by Gasteiger charge is -2.38. The van der Waals surface area contributed by atoms with Crippen LogP contribution in [-0.4, -0.2) is 44.0 Å². The van der Waals surface area contributed by atoms with Crippen LogP contribution < -0.4 is 10.6 Å². The molecule has 0 radical (unpaired) electrons. The van der Waals surface area contributed by atoms with Crippen LogP contribution in [0.25, 0.3) is 0 Å². The molecule has 0 aliphatic heterocycles. The Kier molecular flexibility index (Phi) is 7.92. The van der Waals surface area contributed by atoms with E-state index >= 15 is 0 Å². The Hall–Kier alpha value is -0.810. The van der Waals surface area contributed by atoms with Gasteiger partial charge in [0.15, 0.2) is 0 Å². The minimum atomic E-state index is -0.300. The number of aliphatic hydroxyl groups is 1. The number of aliphatic hydroxyl groups excluding tert-OH is 1. The van der Waals surface area contributed by atoms with Crippen molar-refractivity contribution in [3.05, 3.63) is 0 Å². The van der Waals surface area contributed by atoms with Crippen LogP contribution in [-0.2, 0) is 4.74 Å². The molecule has 1 aliphatic carbocycles. The maximum atomic E-state index is 11.7. The van der Waals surface area contributed by atoms with Gasteiger partial charge in [0.1, 0.15) is 0 Å². The summed E-state index contributed by atoms with van der Waals surface area (Å²) in [4.78, 5) is 11.7. The van der Waals surface area contributed by atoms with E-state index in [1.807, 2.05) is 0 Å². The SMILES string of the molecule is COCCCCCNC(=O)NCC1(C)CCCCC1O. The summed E-state index contributed by atoms with van der Waals surface area (Å²) >= 11 is 0. The second kappa shape index (κ2) is 9.19. The fraction of sp³-hybridized carbons (Fsp3) is 0.933. The van der Waals surface area contributed by atoms with E-state index in [9.17, 15) is 9.90 Å². The lowest BCUT2D eigenvalue weighted by molar-refractivity contribution is 0.00309. The standard InChI is InChI=1S/C15H30N2O3/c1-15(9-5-4-8-13(15)18)12-17-14(19)16-10-6-3-7-11-20-2/h13,18H,3-12H2,1-2H3,(H2,16,17,19). The number of hydrogen-bond donors (Lipinski definition) is 3. The summed E-state index contributed by atoms with van der Waals surface area (Å²) in [6, 6.07) is -0.129. The van der Waals surface area contributed by atoms with E-state index in [0.717, 1.165) is 51.6 Å². The fourth-order valence-electron chi connectivity index (χ4n) is 2.68. The van der Waals surface area contributed by atoms with Crippen LogP contribution in [0.5, 0.6) is 0 Å². The summed E-state index contributed by atoms with van der Waals surface area (Å²) in [5, 5.41) is 15.8. The van der Waals surface area contributed by atoms with Gasteiger partial charge in [0.05, 0.1) is 6.10 Å². The second-order valence-electron chi connectivity index (χ2n) is 6.08. The van der Waals surface area contributed by atoms with Gasteiger partial charge < -0.3 is 20.5 Å². The topological polar surface area (TPSA) is 70.6 Å². The molecule has 1 rings (SSSR count). The molecule has 20 heavy (non-hydrogen) atoms. The number of carbonyl (C=O) groups excluding carboxylic acids is 1. The van der Waals surface area contributed by atoms with Gasteiger partial charge in [0.25, 0.3) is 0 Å². The molecule has 0 aromatic heterocycles. The van der Waals surface area contributed by atoms with Gasteiger partial charge in [-0.25, -0.2) is 4.79 Å². The molecule has 0 aromatic rings. The molecule has 118 valence electrons. The van der Waals surface area contributed by atoms with Gasteiger partial charge in [0, 0.05) is 32.2 Å². The highest BCUT2D eigenvalue weighted by atomic mass is 16.5. The lowest BCUT2D eigenvalue weighted by atomic mass is 9.73. The number of rotatable bonds is 8. The van der Waals surface area contributed by atoms with Crippen LogP contribution in [0.1, 0.15) is 51.9 Å². The monoisotopic (exact) mass is 286 g/mol. The number of carbonyl (C=O) groups is 1. The zero-order chi connectivity index (χ0) is 14.8. The van der Waals surface area contributed by atoms with Crippen molar-refractivity contribution in [2.75, 3.05) is 26.8 Å². The number of urea groups is 1. The van der Waals surface area contributed by atoms with Crippen molar-refractivity contribution in [1.82, 2.24) is 10.6 Å². The molecule has 1 saturated carbocycles. The van der Waals surface area contributed by atoms with Gasteiger partial charge in [-0.05, 0) is 32.1 Å². The highest BCUT2D eigenvalue weighted by Gasteiger charge is 2.35. The first-order valence-electron chi connectivity index (χ1n) is 7.77. The smallest absolute Gasteiger partial charge is 0.314 e. The maximum absolute atomic E-state index is 11.7. The van der Waals surface area contributed by atoms with Crippen molar-refractivity contribution < 1.29 is 14.6 Å². The second-order valence-corrected chi connectivity index (χ2v) is 6.08. The van der Waals surface area contributed by atoms with Crippen molar-refractivity contribution in [3.8, 4) is 0 Å². The Morgan fingerprint density at radius 2 is 2.10 bits per heavy atom. The van der Waals surface area contributed by atoms with Gasteiger partial charge >= 0.3 is 6.03 Å². The van der Waals surface area contributed by atoms with Gasteiger partial charge in [-0.2, -0.15) is 0 Å². The summed E-state index contributed by atoms with van der Waals surface area (Å²) in [6.45, 7) is 4.07. The Bertz CT molecular complexity index is 286. The van der Waals surface area contributed by atoms with E-state index in [1.54, 1.807) is 7.11 Å². The van der Waals surface area contributed by atoms with Crippen LogP contribution in [0.4, 0.5) is 4.79 Å². The fourth-order valence-corrected chi connectivity index (χ4v) is 2.68. The van der Waals surface area contributed by atoms with Crippen molar-refractivity contribution in [2.45, 2.75) is 58.0 Å². The van der Waals surface area contributed by atoms with E-state index in [4.69, 9.17) is 4.74 Å². The highest BCUT2D eigenvalue weighted by molar-refractivity contribution is 5.73. The van der Waals surface area contributed by atoms with Gasteiger partial charge in [0.2, 0.25) is 0 Å². The molecule has 1 aliphatic rings. The largest absolute Gasteiger partial charge is 0.392 e. The molecule has 0 bridgehead atoms. The van der Waals surface area contributed by atoms with Crippen LogP contribution in [0, 0.1) is 5.41 Å². The first-order chi connectivity index (χ1) is 9.58. The minimum absolute atomic E-state index is 0.129. The number of unbranched alkanes of at least 4 members (excludes halogenated alkanes) is 2. The van der Waals surface area contributed by atoms with Crippen molar-refractivity contribution in [3.63, 3.8) is 0 Å². The third-order valence-electron chi connectivity index (χ3n) is 4.24. The van der Waals surface area contributed by atoms with Crippen molar-refractivity contribution in [2.24, 2.45) is 5.41 Å². The molecule has 1 fully saturated rings. The molecule has 0 aromatic carbocycles. The van der Waals surface area contributed by atoms with Crippen LogP contribution in [0.2, 0.25) is 0 Å². The first-order valence-corrected chi connectivity index (χ1v) is 7.77. The molecule has 2 amide bonds. The molecule has 0 spiro atoms. The van der Waals surface area contributed by atoms with Crippen LogP contribution in [0.3, 0.4) is 0 Å². The van der Waals surface area contributed by atoms with E-state index in [2.05, 4.69) is 17.6 Å². The molecular formula is C15H30N2O3. The summed E-state index contributed by atoms with van der Waals surface area (Å²) in [6.07, 6.45) is 6.81. The molecule has 0 heterocycles. The predicted octanol–water partition coefficient (Wildman–Crippen LogP) is 2.04. The quantitative estimate of drug-likeness (QED) is 0.598. The molecule has 3 N–H and O–H groups in total. The number of nitrogens with one attached hydrogen (secondary N) is 2. The zero-order valence-corrected chi connectivity index (χ0v) is 12.9. The highest BCUT2D eigenvalue weighted by Crippen LogP contribution is 2.35. The van der Waals surface area contributed by atoms with Gasteiger partial charge in [-0.15, -0.1) is 0 Å². The molecule has 5 heteroatoms. The average Bonchev–Trinajstić information content (AvgIpc) is 2.44. The molecule has 2 unspecified atom stereocenters. The van der Waals surface area contributed by atoms with Crippen molar-refractivity contribution in [1.29, 1.82) is 0 Å². The van der Waals surface area contributed by atoms with E-state index < -0.39 is 0 Å². The molecule has 2 atom stereocenters. The van der Waals surface area contributed by atoms with E-state index in [0.29, 0.717) is 13.1 Å². The Morgan fingerprint density at radius 1 is 1.30 bits per heavy atom. The lowest BCUT2D eigenvalue weighted by Crippen LogP contribution is -2.47. The molecule has 5 nitrogen and oxygen atoms in total. The van der Waals surface area contributed by atoms with E-state index in [1.165, 1.54) is 0 Å². The normalized spacial score (nSPS) is 26.2. The average molecular weight is 286 g/mol. The summed E-state index contributed by atoms with van der Waals surface area (Å²) in [5.74, 6) is 0. The number of methoxy groups -OCH3 is 1. The minimum Gasteiger partial charge on any atom is -0.392 e. The maximum Gasteiger partial charge on any atom is 0.314 e. The summed E-state index contributed by atoms with van der Waals surface area (Å²) in [5.41, 5.74) is -0.173. The number of hydrogen-bond acceptors (Lipinski definition) is 3. The van der Waals surface area contributed by atoms with Gasteiger partial charge in [-0.3, -0.25) is 0 Å². The third-order valence-corrected chi connectivity index (χ3v) is 4.24. The number of amides is 2. The molecular weight excluding hydrogens is 256 g/mol. The van der Waals surface area contributed by atoms with E-state index in [-0.39, 0.29) is 17.6 Å². The Morgan fingerprint density at radius 3 is 2.80 bits per heavy atom. The Labute approximate surface area is 122 Å².